The van der Waals surface area contributed by atoms with Gasteiger partial charge in [-0.15, -0.1) is 0 Å². The minimum Gasteiger partial charge on any atom is -0.352 e. The number of halogens is 3. The number of amides is 2. The maximum atomic E-state index is 13.2. The number of hydrogen-bond acceptors (Lipinski definition) is 3. The fourth-order valence-corrected chi connectivity index (χ4v) is 5.08. The highest BCUT2D eigenvalue weighted by atomic mass is 32.2. The summed E-state index contributed by atoms with van der Waals surface area (Å²) in [7, 11) is 0. The third-order valence-corrected chi connectivity index (χ3v) is 6.87. The second-order valence-corrected chi connectivity index (χ2v) is 9.69. The van der Waals surface area contributed by atoms with Crippen molar-refractivity contribution in [3.63, 3.8) is 0 Å². The molecular weight excluding hydrogens is 473 g/mol. The van der Waals surface area contributed by atoms with Gasteiger partial charge in [0, 0.05) is 29.0 Å². The van der Waals surface area contributed by atoms with Crippen molar-refractivity contribution < 1.29 is 22.8 Å². The van der Waals surface area contributed by atoms with Crippen LogP contribution in [0.25, 0.3) is 5.57 Å². The first-order valence-corrected chi connectivity index (χ1v) is 12.6. The summed E-state index contributed by atoms with van der Waals surface area (Å²) in [6, 6.07) is 4.86. The predicted octanol–water partition coefficient (Wildman–Crippen LogP) is 5.32. The Morgan fingerprint density at radius 1 is 1.14 bits per heavy atom. The number of allylic oxidation sites excluding steroid dienone is 5. The summed E-state index contributed by atoms with van der Waals surface area (Å²) in [6.45, 7) is 1.75. The van der Waals surface area contributed by atoms with E-state index in [0.29, 0.717) is 34.5 Å². The second-order valence-electron chi connectivity index (χ2n) is 8.83. The molecule has 3 aliphatic carbocycles. The first kappa shape index (κ1) is 24.9. The number of thioether (sulfide) groups is 1. The van der Waals surface area contributed by atoms with Crippen LogP contribution in [0.3, 0.4) is 0 Å². The third kappa shape index (κ3) is 5.73. The van der Waals surface area contributed by atoms with Gasteiger partial charge in [0.2, 0.25) is 5.91 Å². The lowest BCUT2D eigenvalue weighted by Gasteiger charge is -2.21. The van der Waals surface area contributed by atoms with E-state index in [9.17, 15) is 22.8 Å². The molecule has 4 nitrogen and oxygen atoms in total. The summed E-state index contributed by atoms with van der Waals surface area (Å²) in [6.07, 6.45) is 5.16. The number of carbonyl (C=O) groups is 2. The number of carbonyl (C=O) groups excluding carboxylic acids is 2. The average Bonchev–Trinajstić information content (AvgIpc) is 3.20. The summed E-state index contributed by atoms with van der Waals surface area (Å²) in [5.41, 5.74) is 9.01. The Bertz CT molecular complexity index is 1240. The highest BCUT2D eigenvalue weighted by molar-refractivity contribution is 7.99. The van der Waals surface area contributed by atoms with Crippen LogP contribution in [0.15, 0.2) is 76.4 Å². The molecule has 2 atom stereocenters. The molecule has 0 heterocycles. The van der Waals surface area contributed by atoms with E-state index in [1.54, 1.807) is 6.92 Å². The average molecular weight is 499 g/mol. The molecule has 2 amide bonds. The first-order chi connectivity index (χ1) is 16.7. The Morgan fingerprint density at radius 3 is 2.57 bits per heavy atom. The van der Waals surface area contributed by atoms with Gasteiger partial charge in [-0.25, -0.2) is 0 Å². The van der Waals surface area contributed by atoms with Crippen molar-refractivity contribution in [2.45, 2.75) is 38.4 Å². The summed E-state index contributed by atoms with van der Waals surface area (Å²) in [5.74, 6) is 0.374. The molecule has 1 aromatic rings. The summed E-state index contributed by atoms with van der Waals surface area (Å²) < 4.78 is 38.9. The maximum absolute atomic E-state index is 13.2. The van der Waals surface area contributed by atoms with E-state index in [2.05, 4.69) is 22.1 Å². The van der Waals surface area contributed by atoms with Crippen LogP contribution in [-0.2, 0) is 15.8 Å². The quantitative estimate of drug-likeness (QED) is 0.522. The Labute approximate surface area is 206 Å². The molecule has 8 heteroatoms. The highest BCUT2D eigenvalue weighted by Gasteiger charge is 2.33. The van der Waals surface area contributed by atoms with E-state index in [0.717, 1.165) is 30.7 Å². The van der Waals surface area contributed by atoms with Crippen LogP contribution < -0.4 is 10.6 Å². The molecule has 3 aliphatic rings. The molecule has 4 rings (SSSR count). The molecule has 2 N–H and O–H groups in total. The lowest BCUT2D eigenvalue weighted by atomic mass is 9.90. The van der Waals surface area contributed by atoms with Crippen molar-refractivity contribution in [1.29, 1.82) is 0 Å². The van der Waals surface area contributed by atoms with E-state index in [1.807, 2.05) is 18.4 Å². The van der Waals surface area contributed by atoms with E-state index in [4.69, 9.17) is 0 Å². The van der Waals surface area contributed by atoms with Gasteiger partial charge in [-0.2, -0.15) is 24.9 Å². The molecule has 35 heavy (non-hydrogen) atoms. The fourth-order valence-electron chi connectivity index (χ4n) is 4.74. The summed E-state index contributed by atoms with van der Waals surface area (Å²) >= 11 is 1.49. The fraction of sp³-hybridized carbons (Fsp3) is 0.333. The molecule has 0 aliphatic heterocycles. The smallest absolute Gasteiger partial charge is 0.352 e. The van der Waals surface area contributed by atoms with Gasteiger partial charge in [0.1, 0.15) is 0 Å². The van der Waals surface area contributed by atoms with Crippen molar-refractivity contribution in [1.82, 2.24) is 10.6 Å². The van der Waals surface area contributed by atoms with E-state index in [-0.39, 0.29) is 23.8 Å². The Kier molecular flexibility index (Phi) is 7.27. The van der Waals surface area contributed by atoms with Gasteiger partial charge in [0.15, 0.2) is 0 Å². The van der Waals surface area contributed by atoms with Crippen LogP contribution in [0, 0.1) is 5.92 Å². The summed E-state index contributed by atoms with van der Waals surface area (Å²) in [4.78, 5) is 25.1. The van der Waals surface area contributed by atoms with Crippen molar-refractivity contribution in [3.05, 3.63) is 87.5 Å². The Hall–Kier alpha value is -3.18. The van der Waals surface area contributed by atoms with E-state index < -0.39 is 11.7 Å². The van der Waals surface area contributed by atoms with Crippen LogP contribution in [0.1, 0.15) is 37.3 Å². The number of alkyl halides is 3. The molecular formula is C27H25F3N2O2S. The zero-order valence-corrected chi connectivity index (χ0v) is 20.2. The standard InChI is InChI=1S/C27H25F3N2O2S/c1-16-4-3-5-23(25(16)17-6-9-20(10-7-17)27(28,29)30)26(34)32-21-11-8-18-12-22(14-19(18)13-21)31-24(33)15-35-2/h5-11,19,22H,12-15H2,1-2H3,(H,31,33)(H,32,34). The van der Waals surface area contributed by atoms with Crippen LogP contribution in [0.5, 0.6) is 0 Å². The largest absolute Gasteiger partial charge is 0.416 e. The van der Waals surface area contributed by atoms with Crippen LogP contribution in [0.2, 0.25) is 0 Å². The SMILES string of the molecule is CSCC(=O)NC1CC2=CC=C(NC(=O)C3=C(c4ccc(C(F)(F)F)cc4)C(C)=C=C=C3)CC2C1. The molecule has 1 aromatic carbocycles. The number of benzene rings is 1. The molecule has 182 valence electrons. The van der Waals surface area contributed by atoms with E-state index in [1.165, 1.54) is 35.5 Å². The minimum absolute atomic E-state index is 0.0338. The topological polar surface area (TPSA) is 58.2 Å². The number of fused-ring (bicyclic) bond motifs is 1. The van der Waals surface area contributed by atoms with Crippen molar-refractivity contribution in [2.24, 2.45) is 5.92 Å². The first-order valence-electron chi connectivity index (χ1n) is 11.3. The molecule has 0 radical (unpaired) electrons. The van der Waals surface area contributed by atoms with Gasteiger partial charge in [-0.3, -0.25) is 9.59 Å². The predicted molar refractivity (Wildman–Crippen MR) is 131 cm³/mol. The molecule has 0 aromatic heterocycles. The lowest BCUT2D eigenvalue weighted by molar-refractivity contribution is -0.137. The van der Waals surface area contributed by atoms with Gasteiger partial charge in [-0.1, -0.05) is 35.2 Å². The molecule has 2 unspecified atom stereocenters. The third-order valence-electron chi connectivity index (χ3n) is 6.32. The number of nitrogens with one attached hydrogen (secondary N) is 2. The molecule has 1 saturated carbocycles. The molecule has 0 saturated heterocycles. The van der Waals surface area contributed by atoms with Gasteiger partial charge in [-0.05, 0) is 62.1 Å². The van der Waals surface area contributed by atoms with Gasteiger partial charge in [0.25, 0.3) is 5.91 Å². The van der Waals surface area contributed by atoms with Crippen molar-refractivity contribution in [3.8, 4) is 0 Å². The maximum Gasteiger partial charge on any atom is 0.416 e. The van der Waals surface area contributed by atoms with Gasteiger partial charge >= 0.3 is 6.18 Å². The number of hydrogen-bond donors (Lipinski definition) is 2. The molecule has 0 bridgehead atoms. The van der Waals surface area contributed by atoms with Crippen molar-refractivity contribution >= 4 is 29.1 Å². The minimum atomic E-state index is -4.43. The Morgan fingerprint density at radius 2 is 1.89 bits per heavy atom. The lowest BCUT2D eigenvalue weighted by Crippen LogP contribution is -2.34. The summed E-state index contributed by atoms with van der Waals surface area (Å²) in [5, 5.41) is 6.04. The van der Waals surface area contributed by atoms with Crippen LogP contribution >= 0.6 is 11.8 Å². The zero-order valence-electron chi connectivity index (χ0n) is 19.4. The number of rotatable bonds is 6. The Balaban J connectivity index is 1.48. The van der Waals surface area contributed by atoms with Crippen LogP contribution in [0.4, 0.5) is 13.2 Å². The highest BCUT2D eigenvalue weighted by Crippen LogP contribution is 2.38. The van der Waals surface area contributed by atoms with Crippen LogP contribution in [-0.4, -0.2) is 29.9 Å². The molecule has 1 fully saturated rings. The molecule has 0 spiro atoms. The second kappa shape index (κ2) is 10.2. The zero-order chi connectivity index (χ0) is 25.2. The monoisotopic (exact) mass is 498 g/mol. The van der Waals surface area contributed by atoms with Gasteiger partial charge < -0.3 is 10.6 Å². The van der Waals surface area contributed by atoms with E-state index >= 15 is 0 Å². The van der Waals surface area contributed by atoms with Crippen molar-refractivity contribution in [2.75, 3.05) is 12.0 Å². The van der Waals surface area contributed by atoms with Gasteiger partial charge in [0.05, 0.1) is 16.9 Å². The normalized spacial score (nSPS) is 21.2.